The molecule has 0 saturated heterocycles. The first-order valence-electron chi connectivity index (χ1n) is 5.02. The normalized spacial score (nSPS) is 31.2. The van der Waals surface area contributed by atoms with Gasteiger partial charge in [-0.25, -0.2) is 0 Å². The van der Waals surface area contributed by atoms with Crippen molar-refractivity contribution in [3.05, 3.63) is 12.2 Å². The molecule has 1 fully saturated rings. The topological polar surface area (TPSA) is 0 Å². The summed E-state index contributed by atoms with van der Waals surface area (Å²) in [5.41, 5.74) is 0. The van der Waals surface area contributed by atoms with Gasteiger partial charge in [0.15, 0.2) is 0 Å². The Morgan fingerprint density at radius 3 is 2.75 bits per heavy atom. The molecule has 0 radical (unpaired) electrons. The van der Waals surface area contributed by atoms with Gasteiger partial charge < -0.3 is 0 Å². The van der Waals surface area contributed by atoms with Crippen LogP contribution in [0.3, 0.4) is 0 Å². The summed E-state index contributed by atoms with van der Waals surface area (Å²) < 4.78 is 0. The van der Waals surface area contributed by atoms with Crippen LogP contribution in [-0.2, 0) is 0 Å². The Morgan fingerprint density at radius 2 is 2.08 bits per heavy atom. The van der Waals surface area contributed by atoms with E-state index in [4.69, 9.17) is 0 Å². The predicted molar refractivity (Wildman–Crippen MR) is 58.7 cm³/mol. The van der Waals surface area contributed by atoms with E-state index in [1.54, 1.807) is 0 Å². The van der Waals surface area contributed by atoms with Gasteiger partial charge in [-0.1, -0.05) is 25.0 Å². The Labute approximate surface area is 80.8 Å². The van der Waals surface area contributed by atoms with Crippen LogP contribution in [0, 0.1) is 5.92 Å². The first-order chi connectivity index (χ1) is 5.88. The lowest BCUT2D eigenvalue weighted by Crippen LogP contribution is -2.20. The van der Waals surface area contributed by atoms with Gasteiger partial charge in [-0.3, -0.25) is 0 Å². The van der Waals surface area contributed by atoms with Crippen molar-refractivity contribution in [1.29, 1.82) is 0 Å². The molecule has 0 aromatic heterocycles. The minimum Gasteiger partial charge on any atom is -0.162 e. The molecule has 0 amide bonds. The molecule has 12 heavy (non-hydrogen) atoms. The second-order valence-corrected chi connectivity index (χ2v) is 4.70. The predicted octanol–water partition coefficient (Wildman–Crippen LogP) is 3.87. The maximum atomic E-state index is 2.33. The average Bonchev–Trinajstić information content (AvgIpc) is 2.15. The maximum Gasteiger partial charge on any atom is 0.00755 e. The third-order valence-corrected chi connectivity index (χ3v) is 4.04. The molecule has 0 spiro atoms. The molecule has 2 atom stereocenters. The summed E-state index contributed by atoms with van der Waals surface area (Å²) in [5.74, 6) is 0.963. The summed E-state index contributed by atoms with van der Waals surface area (Å²) >= 11 is 2.07. The quantitative estimate of drug-likeness (QED) is 0.600. The summed E-state index contributed by atoms with van der Waals surface area (Å²) in [6, 6.07) is 0. The van der Waals surface area contributed by atoms with Gasteiger partial charge in [0, 0.05) is 5.25 Å². The van der Waals surface area contributed by atoms with Crippen molar-refractivity contribution in [2.24, 2.45) is 5.92 Å². The highest BCUT2D eigenvalue weighted by molar-refractivity contribution is 7.99. The molecule has 1 aliphatic carbocycles. The van der Waals surface area contributed by atoms with Crippen LogP contribution < -0.4 is 0 Å². The van der Waals surface area contributed by atoms with Gasteiger partial charge in [0.05, 0.1) is 0 Å². The fraction of sp³-hybridized carbons (Fsp3) is 0.818. The lowest BCUT2D eigenvalue weighted by atomic mass is 9.86. The van der Waals surface area contributed by atoms with E-state index >= 15 is 0 Å². The van der Waals surface area contributed by atoms with Crippen molar-refractivity contribution in [3.8, 4) is 0 Å². The smallest absolute Gasteiger partial charge is 0.00755 e. The van der Waals surface area contributed by atoms with Crippen molar-refractivity contribution in [3.63, 3.8) is 0 Å². The lowest BCUT2D eigenvalue weighted by molar-refractivity contribution is 0.374. The van der Waals surface area contributed by atoms with Gasteiger partial charge in [-0.15, -0.1) is 0 Å². The SMILES string of the molecule is C/C=C/CC1CCCCC1SC. The molecule has 0 nitrogen and oxygen atoms in total. The Kier molecular flexibility index (Phi) is 4.82. The first-order valence-corrected chi connectivity index (χ1v) is 6.31. The highest BCUT2D eigenvalue weighted by atomic mass is 32.2. The monoisotopic (exact) mass is 184 g/mol. The molecule has 0 N–H and O–H groups in total. The van der Waals surface area contributed by atoms with Crippen molar-refractivity contribution >= 4 is 11.8 Å². The Hall–Kier alpha value is 0.0900. The van der Waals surface area contributed by atoms with Crippen LogP contribution in [0.1, 0.15) is 39.0 Å². The van der Waals surface area contributed by atoms with E-state index in [1.807, 2.05) is 0 Å². The highest BCUT2D eigenvalue weighted by Crippen LogP contribution is 2.34. The third kappa shape index (κ3) is 2.85. The van der Waals surface area contributed by atoms with Crippen LogP contribution in [0.4, 0.5) is 0 Å². The minimum absolute atomic E-state index is 0.940. The van der Waals surface area contributed by atoms with Crippen LogP contribution in [0.25, 0.3) is 0 Å². The lowest BCUT2D eigenvalue weighted by Gasteiger charge is -2.29. The van der Waals surface area contributed by atoms with E-state index in [1.165, 1.54) is 32.1 Å². The molecule has 0 aromatic carbocycles. The van der Waals surface area contributed by atoms with Gasteiger partial charge >= 0.3 is 0 Å². The molecule has 1 saturated carbocycles. The summed E-state index contributed by atoms with van der Waals surface area (Å²) in [6.45, 7) is 2.12. The number of rotatable bonds is 3. The van der Waals surface area contributed by atoms with E-state index in [9.17, 15) is 0 Å². The summed E-state index contributed by atoms with van der Waals surface area (Å²) in [7, 11) is 0. The van der Waals surface area contributed by atoms with Crippen molar-refractivity contribution in [2.75, 3.05) is 6.26 Å². The molecule has 1 rings (SSSR count). The van der Waals surface area contributed by atoms with E-state index in [-0.39, 0.29) is 0 Å². The van der Waals surface area contributed by atoms with E-state index < -0.39 is 0 Å². The van der Waals surface area contributed by atoms with Crippen LogP contribution >= 0.6 is 11.8 Å². The molecule has 1 aliphatic rings. The van der Waals surface area contributed by atoms with Gasteiger partial charge in [0.2, 0.25) is 0 Å². The standard InChI is InChI=1S/C11H20S/c1-3-4-7-10-8-5-6-9-11(10)12-2/h3-4,10-11H,5-9H2,1-2H3/b4-3+. The zero-order chi connectivity index (χ0) is 8.81. The van der Waals surface area contributed by atoms with Gasteiger partial charge in [-0.05, 0) is 38.4 Å². The van der Waals surface area contributed by atoms with Crippen molar-refractivity contribution in [1.82, 2.24) is 0 Å². The molecule has 0 aromatic rings. The van der Waals surface area contributed by atoms with E-state index in [0.717, 1.165) is 11.2 Å². The molecular formula is C11H20S. The summed E-state index contributed by atoms with van der Waals surface area (Å²) in [4.78, 5) is 0. The van der Waals surface area contributed by atoms with Crippen LogP contribution in [-0.4, -0.2) is 11.5 Å². The summed E-state index contributed by atoms with van der Waals surface area (Å²) in [5, 5.41) is 0.940. The number of allylic oxidation sites excluding steroid dienone is 2. The van der Waals surface area contributed by atoms with E-state index in [0.29, 0.717) is 0 Å². The Bertz CT molecular complexity index is 140. The molecule has 0 aliphatic heterocycles. The zero-order valence-electron chi connectivity index (χ0n) is 8.25. The molecule has 70 valence electrons. The molecule has 0 heterocycles. The largest absolute Gasteiger partial charge is 0.162 e. The Morgan fingerprint density at radius 1 is 1.33 bits per heavy atom. The van der Waals surface area contributed by atoms with Gasteiger partial charge in [0.1, 0.15) is 0 Å². The third-order valence-electron chi connectivity index (χ3n) is 2.82. The molecule has 2 unspecified atom stereocenters. The number of hydrogen-bond donors (Lipinski definition) is 0. The van der Waals surface area contributed by atoms with Crippen LogP contribution in [0.15, 0.2) is 12.2 Å². The second-order valence-electron chi connectivity index (χ2n) is 3.62. The molecular weight excluding hydrogens is 164 g/mol. The Balaban J connectivity index is 2.36. The first kappa shape index (κ1) is 10.2. The van der Waals surface area contributed by atoms with Gasteiger partial charge in [0.25, 0.3) is 0 Å². The highest BCUT2D eigenvalue weighted by Gasteiger charge is 2.22. The average molecular weight is 184 g/mol. The fourth-order valence-corrected chi connectivity index (χ4v) is 3.10. The van der Waals surface area contributed by atoms with Gasteiger partial charge in [-0.2, -0.15) is 11.8 Å². The van der Waals surface area contributed by atoms with Crippen molar-refractivity contribution in [2.45, 2.75) is 44.3 Å². The maximum absolute atomic E-state index is 2.33. The van der Waals surface area contributed by atoms with E-state index in [2.05, 4.69) is 37.1 Å². The van der Waals surface area contributed by atoms with Crippen molar-refractivity contribution < 1.29 is 0 Å². The van der Waals surface area contributed by atoms with Crippen LogP contribution in [0.2, 0.25) is 0 Å². The summed E-state index contributed by atoms with van der Waals surface area (Å²) in [6.07, 6.45) is 13.9. The minimum atomic E-state index is 0.940. The molecule has 0 bridgehead atoms. The fourth-order valence-electron chi connectivity index (χ4n) is 2.06. The molecule has 1 heteroatoms. The number of thioether (sulfide) groups is 1. The second kappa shape index (κ2) is 5.69. The zero-order valence-corrected chi connectivity index (χ0v) is 9.07. The number of hydrogen-bond acceptors (Lipinski definition) is 1. The van der Waals surface area contributed by atoms with Crippen LogP contribution in [0.5, 0.6) is 0 Å².